The van der Waals surface area contributed by atoms with Gasteiger partial charge in [0.1, 0.15) is 5.15 Å². The van der Waals surface area contributed by atoms with Crippen molar-refractivity contribution in [2.24, 2.45) is 0 Å². The first kappa shape index (κ1) is 12.8. The number of nitrogens with zero attached hydrogens (tertiary/aromatic N) is 3. The second-order valence-electron chi connectivity index (χ2n) is 4.12. The molecule has 0 aliphatic rings. The second kappa shape index (κ2) is 4.71. The Balaban J connectivity index is 2.30. The summed E-state index contributed by atoms with van der Waals surface area (Å²) in [5, 5.41) is 2.61. The molecule has 0 saturated carbocycles. The Bertz CT molecular complexity index is 783. The molecule has 3 aromatic rings. The Morgan fingerprint density at radius 2 is 1.84 bits per heavy atom. The van der Waals surface area contributed by atoms with Crippen LogP contribution in [0.25, 0.3) is 21.6 Å². The van der Waals surface area contributed by atoms with Gasteiger partial charge < -0.3 is 0 Å². The molecule has 0 radical (unpaired) electrons. The minimum Gasteiger partial charge on any atom is -0.246 e. The van der Waals surface area contributed by atoms with Gasteiger partial charge in [0.25, 0.3) is 0 Å². The lowest BCUT2D eigenvalue weighted by atomic mass is 10.2. The zero-order chi connectivity index (χ0) is 13.6. The average Bonchev–Trinajstić information content (AvgIpc) is 2.68. The number of benzene rings is 1. The van der Waals surface area contributed by atoms with E-state index in [2.05, 4.69) is 15.0 Å². The van der Waals surface area contributed by atoms with Crippen molar-refractivity contribution in [3.63, 3.8) is 0 Å². The van der Waals surface area contributed by atoms with Gasteiger partial charge in [0.15, 0.2) is 5.82 Å². The van der Waals surface area contributed by atoms with E-state index in [1.54, 1.807) is 17.4 Å². The van der Waals surface area contributed by atoms with Crippen LogP contribution in [-0.2, 0) is 0 Å². The van der Waals surface area contributed by atoms with Crippen LogP contribution in [0, 0.1) is 13.8 Å². The Labute approximate surface area is 124 Å². The lowest BCUT2D eigenvalue weighted by Gasteiger charge is -2.04. The van der Waals surface area contributed by atoms with Crippen LogP contribution in [0.3, 0.4) is 0 Å². The van der Waals surface area contributed by atoms with Gasteiger partial charge in [0.05, 0.1) is 31.5 Å². The lowest BCUT2D eigenvalue weighted by molar-refractivity contribution is 1.17. The fourth-order valence-electron chi connectivity index (χ4n) is 1.94. The summed E-state index contributed by atoms with van der Waals surface area (Å²) in [7, 11) is 0. The molecule has 0 spiro atoms. The summed E-state index contributed by atoms with van der Waals surface area (Å²) in [6.07, 6.45) is 0. The number of thiazole rings is 1. The Morgan fingerprint density at radius 1 is 1.05 bits per heavy atom. The average molecular weight is 310 g/mol. The molecule has 0 bridgehead atoms. The highest BCUT2D eigenvalue weighted by Gasteiger charge is 2.14. The molecule has 0 unspecified atom stereocenters. The Hall–Kier alpha value is -1.23. The highest BCUT2D eigenvalue weighted by Crippen LogP contribution is 2.33. The molecule has 96 valence electrons. The maximum absolute atomic E-state index is 6.23. The molecule has 2 aromatic heterocycles. The number of halogens is 2. The molecule has 6 heteroatoms. The first-order valence-corrected chi connectivity index (χ1v) is 7.19. The van der Waals surface area contributed by atoms with Crippen molar-refractivity contribution >= 4 is 45.4 Å². The first-order valence-electron chi connectivity index (χ1n) is 5.62. The Morgan fingerprint density at radius 3 is 2.53 bits per heavy atom. The minimum atomic E-state index is 0.371. The van der Waals surface area contributed by atoms with Gasteiger partial charge in [-0.1, -0.05) is 29.3 Å². The molecule has 2 heterocycles. The van der Waals surface area contributed by atoms with E-state index in [1.165, 1.54) is 0 Å². The topological polar surface area (TPSA) is 38.7 Å². The minimum absolute atomic E-state index is 0.371. The summed E-state index contributed by atoms with van der Waals surface area (Å²) in [6.45, 7) is 3.90. The predicted molar refractivity (Wildman–Crippen MR) is 80.1 cm³/mol. The van der Waals surface area contributed by atoms with Crippen LogP contribution < -0.4 is 0 Å². The molecular weight excluding hydrogens is 301 g/mol. The first-order chi connectivity index (χ1) is 9.06. The lowest BCUT2D eigenvalue weighted by Crippen LogP contribution is -1.92. The van der Waals surface area contributed by atoms with Crippen molar-refractivity contribution in [1.29, 1.82) is 0 Å². The van der Waals surface area contributed by atoms with E-state index in [1.807, 2.05) is 26.0 Å². The maximum atomic E-state index is 6.23. The van der Waals surface area contributed by atoms with Gasteiger partial charge in [-0.15, -0.1) is 11.3 Å². The SMILES string of the molecule is Cc1nc(C)c(-c2nc(Cl)c3c(Cl)cccc3n2)s1. The van der Waals surface area contributed by atoms with Crippen LogP contribution in [0.4, 0.5) is 0 Å². The number of aryl methyl sites for hydroxylation is 2. The second-order valence-corrected chi connectivity index (χ2v) is 6.09. The van der Waals surface area contributed by atoms with Crippen LogP contribution >= 0.6 is 34.5 Å². The van der Waals surface area contributed by atoms with Gasteiger partial charge >= 0.3 is 0 Å². The third kappa shape index (κ3) is 2.20. The van der Waals surface area contributed by atoms with Crippen molar-refractivity contribution in [3.05, 3.63) is 39.1 Å². The standard InChI is InChI=1S/C13H9Cl2N3S/c1-6-11(19-7(2)16-6)13-17-9-5-3-4-8(14)10(9)12(15)18-13/h3-5H,1-2H3. The predicted octanol–water partition coefficient (Wildman–Crippen LogP) is 4.68. The normalized spacial score (nSPS) is 11.2. The molecule has 3 rings (SSSR count). The molecule has 1 aromatic carbocycles. The highest BCUT2D eigenvalue weighted by molar-refractivity contribution is 7.15. The number of rotatable bonds is 1. The largest absolute Gasteiger partial charge is 0.246 e. The van der Waals surface area contributed by atoms with Crippen LogP contribution in [0.1, 0.15) is 10.7 Å². The van der Waals surface area contributed by atoms with E-state index in [0.717, 1.165) is 21.1 Å². The summed E-state index contributed by atoms with van der Waals surface area (Å²) in [5.74, 6) is 0.600. The fourth-order valence-corrected chi connectivity index (χ4v) is 3.38. The van der Waals surface area contributed by atoms with E-state index in [9.17, 15) is 0 Å². The van der Waals surface area contributed by atoms with Crippen LogP contribution in [0.2, 0.25) is 10.2 Å². The maximum Gasteiger partial charge on any atom is 0.173 e. The van der Waals surface area contributed by atoms with Crippen LogP contribution in [0.15, 0.2) is 18.2 Å². The summed E-state index contributed by atoms with van der Waals surface area (Å²) >= 11 is 13.9. The number of fused-ring (bicyclic) bond motifs is 1. The smallest absolute Gasteiger partial charge is 0.173 e. The zero-order valence-electron chi connectivity index (χ0n) is 10.2. The zero-order valence-corrected chi connectivity index (χ0v) is 12.6. The van der Waals surface area contributed by atoms with Crippen molar-refractivity contribution in [2.45, 2.75) is 13.8 Å². The summed E-state index contributed by atoms with van der Waals surface area (Å²) in [6, 6.07) is 5.50. The van der Waals surface area contributed by atoms with E-state index in [-0.39, 0.29) is 0 Å². The van der Waals surface area contributed by atoms with Gasteiger partial charge in [0, 0.05) is 0 Å². The summed E-state index contributed by atoms with van der Waals surface area (Å²) < 4.78 is 0. The van der Waals surface area contributed by atoms with Gasteiger partial charge in [-0.05, 0) is 26.0 Å². The summed E-state index contributed by atoms with van der Waals surface area (Å²) in [4.78, 5) is 14.2. The van der Waals surface area contributed by atoms with Gasteiger partial charge in [-0.25, -0.2) is 15.0 Å². The molecular formula is C13H9Cl2N3S. The van der Waals surface area contributed by atoms with Crippen LogP contribution in [0.5, 0.6) is 0 Å². The van der Waals surface area contributed by atoms with E-state index >= 15 is 0 Å². The molecule has 0 saturated heterocycles. The van der Waals surface area contributed by atoms with Gasteiger partial charge in [-0.2, -0.15) is 0 Å². The molecule has 0 atom stereocenters. The Kier molecular flexibility index (Phi) is 3.17. The van der Waals surface area contributed by atoms with Crippen LogP contribution in [-0.4, -0.2) is 15.0 Å². The molecule has 0 aliphatic carbocycles. The van der Waals surface area contributed by atoms with Gasteiger partial charge in [0.2, 0.25) is 0 Å². The number of aromatic nitrogens is 3. The molecule has 19 heavy (non-hydrogen) atoms. The van der Waals surface area contributed by atoms with E-state index < -0.39 is 0 Å². The van der Waals surface area contributed by atoms with E-state index in [0.29, 0.717) is 21.4 Å². The van der Waals surface area contributed by atoms with Crippen molar-refractivity contribution in [1.82, 2.24) is 15.0 Å². The van der Waals surface area contributed by atoms with Crippen molar-refractivity contribution in [2.75, 3.05) is 0 Å². The highest BCUT2D eigenvalue weighted by atomic mass is 35.5. The molecule has 0 fully saturated rings. The van der Waals surface area contributed by atoms with Crippen molar-refractivity contribution < 1.29 is 0 Å². The molecule has 0 amide bonds. The summed E-state index contributed by atoms with van der Waals surface area (Å²) in [5.41, 5.74) is 1.66. The molecule has 3 nitrogen and oxygen atoms in total. The fraction of sp³-hybridized carbons (Fsp3) is 0.154. The van der Waals surface area contributed by atoms with Gasteiger partial charge in [-0.3, -0.25) is 0 Å². The quantitative estimate of drug-likeness (QED) is 0.613. The van der Waals surface area contributed by atoms with E-state index in [4.69, 9.17) is 23.2 Å². The number of hydrogen-bond donors (Lipinski definition) is 0. The monoisotopic (exact) mass is 309 g/mol. The third-order valence-electron chi connectivity index (χ3n) is 2.73. The number of hydrogen-bond acceptors (Lipinski definition) is 4. The molecule has 0 aliphatic heterocycles. The third-order valence-corrected chi connectivity index (χ3v) is 4.39. The molecule has 0 N–H and O–H groups in total. The van der Waals surface area contributed by atoms with Crippen molar-refractivity contribution in [3.8, 4) is 10.7 Å².